The van der Waals surface area contributed by atoms with Gasteiger partial charge in [0.25, 0.3) is 5.91 Å². The average molecular weight is 680 g/mol. The molecule has 0 saturated carbocycles. The second kappa shape index (κ2) is 13.8. The second-order valence-electron chi connectivity index (χ2n) is 12.8. The fraction of sp³-hybridized carbons (Fsp3) is 0.382. The van der Waals surface area contributed by atoms with Crippen molar-refractivity contribution >= 4 is 29.2 Å². The number of nitrogens with zero attached hydrogens (tertiary/aromatic N) is 1. The van der Waals surface area contributed by atoms with E-state index in [4.69, 9.17) is 0 Å². The molecule has 0 saturated heterocycles. The Hall–Kier alpha value is -4.75. The van der Waals surface area contributed by atoms with Gasteiger partial charge in [-0.05, 0) is 85.2 Å². The molecule has 0 heterocycles. The second-order valence-corrected chi connectivity index (χ2v) is 12.8. The summed E-state index contributed by atoms with van der Waals surface area (Å²) in [5, 5.41) is 17.3. The molecule has 258 valence electrons. The average Bonchev–Trinajstić information content (AvgIpc) is 2.99. The van der Waals surface area contributed by atoms with E-state index in [1.807, 2.05) is 27.7 Å². The number of carbonyl (C=O) groups excluding carboxylic acids is 2. The topological polar surface area (TPSA) is 125 Å². The smallest absolute Gasteiger partial charge is 0.417 e. The Balaban J connectivity index is 2.16. The first-order valence-electron chi connectivity index (χ1n) is 14.8. The van der Waals surface area contributed by atoms with Crippen LogP contribution >= 0.6 is 0 Å². The summed E-state index contributed by atoms with van der Waals surface area (Å²) >= 11 is 0. The van der Waals surface area contributed by atoms with Crippen molar-refractivity contribution in [1.82, 2.24) is 0 Å². The van der Waals surface area contributed by atoms with Crippen molar-refractivity contribution < 1.29 is 45.8 Å². The summed E-state index contributed by atoms with van der Waals surface area (Å²) in [4.78, 5) is 48.8. The van der Waals surface area contributed by atoms with Crippen molar-refractivity contribution in [2.45, 2.75) is 78.7 Å². The van der Waals surface area contributed by atoms with Gasteiger partial charge < -0.3 is 15.7 Å². The minimum atomic E-state index is -5.17. The van der Waals surface area contributed by atoms with Gasteiger partial charge >= 0.3 is 24.2 Å². The third-order valence-electron chi connectivity index (χ3n) is 8.22. The predicted octanol–water partition coefficient (Wildman–Crippen LogP) is 9.83. The molecule has 0 bridgehead atoms. The number of anilines is 2. The zero-order valence-electron chi connectivity index (χ0n) is 27.0. The molecular weight excluding hydrogens is 644 g/mol. The minimum Gasteiger partial charge on any atom is -0.478 e. The highest BCUT2D eigenvalue weighted by Gasteiger charge is 2.39. The maximum atomic E-state index is 14.4. The normalized spacial score (nSPS) is 12.4. The predicted molar refractivity (Wildman–Crippen MR) is 169 cm³/mol. The van der Waals surface area contributed by atoms with E-state index in [0.717, 1.165) is 36.4 Å². The number of amides is 2. The van der Waals surface area contributed by atoms with Crippen molar-refractivity contribution in [3.05, 3.63) is 86.8 Å². The largest absolute Gasteiger partial charge is 0.478 e. The molecule has 0 aliphatic rings. The number of rotatable bonds is 11. The lowest BCUT2D eigenvalue weighted by atomic mass is 9.81. The third-order valence-corrected chi connectivity index (χ3v) is 8.22. The van der Waals surface area contributed by atoms with Crippen LogP contribution in [0.15, 0.2) is 53.7 Å². The first-order valence-corrected chi connectivity index (χ1v) is 14.8. The summed E-state index contributed by atoms with van der Waals surface area (Å²) in [7, 11) is 0. The van der Waals surface area contributed by atoms with E-state index in [-0.39, 0.29) is 23.2 Å². The van der Waals surface area contributed by atoms with Gasteiger partial charge in [0.15, 0.2) is 0 Å². The highest BCUT2D eigenvalue weighted by molar-refractivity contribution is 6.12. The summed E-state index contributed by atoms with van der Waals surface area (Å²) in [5.41, 5.74) is -7.32. The lowest BCUT2D eigenvalue weighted by Gasteiger charge is -2.27. The molecule has 0 aliphatic heterocycles. The van der Waals surface area contributed by atoms with Crippen LogP contribution in [0, 0.1) is 10.3 Å². The van der Waals surface area contributed by atoms with Gasteiger partial charge in [0.1, 0.15) is 0 Å². The number of carboxylic acid groups (broad SMARTS) is 1. The van der Waals surface area contributed by atoms with Crippen molar-refractivity contribution in [2.75, 3.05) is 10.6 Å². The van der Waals surface area contributed by atoms with Crippen LogP contribution < -0.4 is 10.6 Å². The number of hydrogen-bond acceptors (Lipinski definition) is 5. The summed E-state index contributed by atoms with van der Waals surface area (Å²) in [5.74, 6) is -4.12. The molecule has 3 N–H and O–H groups in total. The van der Waals surface area contributed by atoms with Crippen molar-refractivity contribution in [1.29, 1.82) is 0 Å². The summed E-state index contributed by atoms with van der Waals surface area (Å²) < 4.78 is 85.7. The van der Waals surface area contributed by atoms with Crippen LogP contribution in [-0.4, -0.2) is 28.4 Å². The molecule has 3 aromatic carbocycles. The molecule has 0 atom stereocenters. The van der Waals surface area contributed by atoms with E-state index < -0.39 is 80.2 Å². The van der Waals surface area contributed by atoms with Gasteiger partial charge in [-0.2, -0.15) is 26.3 Å². The van der Waals surface area contributed by atoms with Crippen LogP contribution in [0.4, 0.5) is 37.7 Å². The van der Waals surface area contributed by atoms with Crippen LogP contribution in [0.3, 0.4) is 0 Å². The van der Waals surface area contributed by atoms with Gasteiger partial charge in [-0.1, -0.05) is 46.2 Å². The Morgan fingerprint density at radius 1 is 0.729 bits per heavy atom. The van der Waals surface area contributed by atoms with Crippen molar-refractivity contribution in [3.8, 4) is 11.1 Å². The SMILES string of the molecule is CCC(C)(C)Cc1cc(C(=O)Nc2ccc(-c3ccc(NC(C)(C)CC)cc3C(F)(F)F)c(C(F)(F)F)c2)c(C(=O)O)cc1C(=O)N=O. The van der Waals surface area contributed by atoms with Crippen molar-refractivity contribution in [3.63, 3.8) is 0 Å². The molecule has 0 radical (unpaired) electrons. The quantitative estimate of drug-likeness (QED) is 0.137. The van der Waals surface area contributed by atoms with E-state index in [0.29, 0.717) is 18.9 Å². The first kappa shape index (κ1) is 37.7. The molecule has 0 aliphatic carbocycles. The molecule has 0 aromatic heterocycles. The minimum absolute atomic E-state index is 0.0583. The van der Waals surface area contributed by atoms with Crippen LogP contribution in [0.1, 0.15) is 102 Å². The zero-order valence-corrected chi connectivity index (χ0v) is 27.0. The molecule has 0 spiro atoms. The van der Waals surface area contributed by atoms with Crippen LogP contribution in [-0.2, 0) is 18.8 Å². The lowest BCUT2D eigenvalue weighted by Crippen LogP contribution is -2.29. The molecule has 2 amide bonds. The number of alkyl halides is 6. The van der Waals surface area contributed by atoms with Gasteiger partial charge in [-0.3, -0.25) is 9.59 Å². The van der Waals surface area contributed by atoms with E-state index >= 15 is 0 Å². The van der Waals surface area contributed by atoms with Gasteiger partial charge in [-0.25, -0.2) is 4.79 Å². The Bertz CT molecular complexity index is 1750. The molecule has 0 fully saturated rings. The molecule has 3 rings (SSSR count). The Morgan fingerprint density at radius 3 is 1.71 bits per heavy atom. The lowest BCUT2D eigenvalue weighted by molar-refractivity contribution is -0.139. The number of nitrogens with one attached hydrogen (secondary N) is 2. The number of carboxylic acids is 1. The van der Waals surface area contributed by atoms with E-state index in [1.165, 1.54) is 6.07 Å². The Morgan fingerprint density at radius 2 is 1.25 bits per heavy atom. The third kappa shape index (κ3) is 8.78. The monoisotopic (exact) mass is 679 g/mol. The number of carbonyl (C=O) groups is 3. The van der Waals surface area contributed by atoms with Gasteiger partial charge in [0.2, 0.25) is 0 Å². The van der Waals surface area contributed by atoms with Crippen molar-refractivity contribution in [2.24, 2.45) is 10.6 Å². The molecule has 0 unspecified atom stereocenters. The number of halogens is 6. The number of benzene rings is 3. The zero-order chi connectivity index (χ0) is 36.4. The van der Waals surface area contributed by atoms with Crippen LogP contribution in [0.2, 0.25) is 0 Å². The standard InChI is InChI=1S/C34H35F6N3O5/c1-7-31(3,4)17-18-13-24(25(30(46)47)16-23(18)29(45)43-48)28(44)41-19-9-11-21(26(14-19)33(35,36)37)22-12-10-20(42-32(5,6)8-2)15-27(22)34(38,39)40/h9-16,42H,7-8,17H2,1-6H3,(H,41,44)(H,46,47). The molecule has 8 nitrogen and oxygen atoms in total. The molecule has 3 aromatic rings. The summed E-state index contributed by atoms with van der Waals surface area (Å²) in [6, 6.07) is 7.01. The Kier molecular flexibility index (Phi) is 10.8. The highest BCUT2D eigenvalue weighted by Crippen LogP contribution is 2.44. The fourth-order valence-corrected chi connectivity index (χ4v) is 4.90. The van der Waals surface area contributed by atoms with E-state index in [1.54, 1.807) is 13.8 Å². The number of hydrogen-bond donors (Lipinski definition) is 3. The maximum Gasteiger partial charge on any atom is 0.417 e. The first-order chi connectivity index (χ1) is 22.0. The highest BCUT2D eigenvalue weighted by atomic mass is 19.4. The van der Waals surface area contributed by atoms with Gasteiger partial charge in [0.05, 0.1) is 22.3 Å². The summed E-state index contributed by atoms with van der Waals surface area (Å²) in [6.07, 6.45) is -8.96. The number of aromatic carboxylic acids is 1. The van der Waals surface area contributed by atoms with E-state index in [9.17, 15) is 50.7 Å². The van der Waals surface area contributed by atoms with Crippen LogP contribution in [0.25, 0.3) is 11.1 Å². The maximum absolute atomic E-state index is 14.4. The van der Waals surface area contributed by atoms with Gasteiger partial charge in [-0.15, -0.1) is 4.91 Å². The van der Waals surface area contributed by atoms with Gasteiger partial charge in [0, 0.05) is 27.7 Å². The molecular formula is C34H35F6N3O5. The Labute approximate surface area is 272 Å². The fourth-order valence-electron chi connectivity index (χ4n) is 4.90. The summed E-state index contributed by atoms with van der Waals surface area (Å²) in [6.45, 7) is 10.8. The van der Waals surface area contributed by atoms with Crippen LogP contribution in [0.5, 0.6) is 0 Å². The molecule has 14 heteroatoms. The number of nitroso groups, excluding NO2 is 1. The molecule has 48 heavy (non-hydrogen) atoms. The van der Waals surface area contributed by atoms with E-state index in [2.05, 4.69) is 15.8 Å².